The summed E-state index contributed by atoms with van der Waals surface area (Å²) in [6, 6.07) is 0. The van der Waals surface area contributed by atoms with E-state index in [0.29, 0.717) is 11.3 Å². The van der Waals surface area contributed by atoms with Gasteiger partial charge in [0.25, 0.3) is 0 Å². The molecule has 118 valence electrons. The Kier molecular flexibility index (Phi) is 3.19. The predicted molar refractivity (Wildman–Crippen MR) is 83.6 cm³/mol. The van der Waals surface area contributed by atoms with E-state index >= 15 is 0 Å². The minimum Gasteiger partial charge on any atom is -0.495 e. The van der Waals surface area contributed by atoms with Gasteiger partial charge in [-0.05, 0) is 87.5 Å². The summed E-state index contributed by atoms with van der Waals surface area (Å²) < 4.78 is 6.08. The van der Waals surface area contributed by atoms with E-state index in [-0.39, 0.29) is 11.7 Å². The number of hydrogen-bond donors (Lipinski definition) is 1. The van der Waals surface area contributed by atoms with Gasteiger partial charge in [-0.2, -0.15) is 0 Å². The van der Waals surface area contributed by atoms with Crippen LogP contribution in [0.1, 0.15) is 65.2 Å². The molecule has 1 aliphatic heterocycles. The van der Waals surface area contributed by atoms with Crippen LogP contribution in [0, 0.1) is 29.1 Å². The zero-order chi connectivity index (χ0) is 14.7. The highest BCUT2D eigenvalue weighted by atomic mass is 16.5. The summed E-state index contributed by atoms with van der Waals surface area (Å²) in [7, 11) is 0. The molecule has 2 nitrogen and oxygen atoms in total. The molecule has 0 bridgehead atoms. The van der Waals surface area contributed by atoms with Crippen LogP contribution in [0.15, 0.2) is 12.3 Å². The largest absolute Gasteiger partial charge is 0.495 e. The standard InChI is InChI=1S/C19H30O2/c1-18-9-7-14(20)12-13(18)5-6-15-16(18)8-10-19(2)17(15)4-3-11-21-19/h3,11,13-17,20H,4-10,12H2,1-2H3/t13-,14-,15+,16-,17+,18-,19+/m0/s1. The van der Waals surface area contributed by atoms with E-state index in [9.17, 15) is 5.11 Å². The molecule has 21 heavy (non-hydrogen) atoms. The van der Waals surface area contributed by atoms with Crippen molar-refractivity contribution in [1.82, 2.24) is 0 Å². The first-order valence-corrected chi connectivity index (χ1v) is 9.04. The lowest BCUT2D eigenvalue weighted by Crippen LogP contribution is -2.57. The summed E-state index contributed by atoms with van der Waals surface area (Å²) >= 11 is 0. The Morgan fingerprint density at radius 3 is 2.76 bits per heavy atom. The van der Waals surface area contributed by atoms with Crippen LogP contribution in [-0.2, 0) is 4.74 Å². The highest BCUT2D eigenvalue weighted by molar-refractivity contribution is 5.09. The van der Waals surface area contributed by atoms with E-state index < -0.39 is 0 Å². The van der Waals surface area contributed by atoms with Gasteiger partial charge in [-0.15, -0.1) is 0 Å². The predicted octanol–water partition coefficient (Wildman–Crippen LogP) is 4.28. The molecule has 4 rings (SSSR count). The third-order valence-corrected chi connectivity index (χ3v) is 7.79. The maximum absolute atomic E-state index is 10.1. The van der Waals surface area contributed by atoms with E-state index in [2.05, 4.69) is 19.9 Å². The van der Waals surface area contributed by atoms with Crippen molar-refractivity contribution in [2.24, 2.45) is 29.1 Å². The molecule has 0 aromatic carbocycles. The number of hydrogen-bond acceptors (Lipinski definition) is 2. The Balaban J connectivity index is 1.63. The number of allylic oxidation sites excluding steroid dienone is 1. The van der Waals surface area contributed by atoms with E-state index in [1.807, 2.05) is 6.26 Å². The lowest BCUT2D eigenvalue weighted by molar-refractivity contribution is -0.161. The van der Waals surface area contributed by atoms with Crippen LogP contribution in [0.3, 0.4) is 0 Å². The normalized spacial score (nSPS) is 55.9. The van der Waals surface area contributed by atoms with Crippen LogP contribution < -0.4 is 0 Å². The van der Waals surface area contributed by atoms with Crippen molar-refractivity contribution in [3.63, 3.8) is 0 Å². The van der Waals surface area contributed by atoms with Crippen molar-refractivity contribution >= 4 is 0 Å². The highest BCUT2D eigenvalue weighted by Gasteiger charge is 2.57. The van der Waals surface area contributed by atoms with E-state index in [1.54, 1.807) is 0 Å². The van der Waals surface area contributed by atoms with Gasteiger partial charge in [0.2, 0.25) is 0 Å². The summed E-state index contributed by atoms with van der Waals surface area (Å²) in [5, 5.41) is 10.1. The number of ether oxygens (including phenoxy) is 1. The average molecular weight is 290 g/mol. The summed E-state index contributed by atoms with van der Waals surface area (Å²) in [6.45, 7) is 4.89. The SMILES string of the molecule is C[C@]12CC[C@H](O)C[C@@H]1CC[C@H]1[C@H]3CC=CO[C@]3(C)CC[C@@H]12. The molecular weight excluding hydrogens is 260 g/mol. The Hall–Kier alpha value is -0.500. The molecule has 7 atom stereocenters. The fraction of sp³-hybridized carbons (Fsp3) is 0.895. The molecular formula is C19H30O2. The smallest absolute Gasteiger partial charge is 0.109 e. The zero-order valence-electron chi connectivity index (χ0n) is 13.6. The van der Waals surface area contributed by atoms with Crippen molar-refractivity contribution in [1.29, 1.82) is 0 Å². The van der Waals surface area contributed by atoms with Crippen molar-refractivity contribution in [3.05, 3.63) is 12.3 Å². The summed E-state index contributed by atoms with van der Waals surface area (Å²) in [5.74, 6) is 3.17. The number of aliphatic hydroxyl groups excluding tert-OH is 1. The highest BCUT2D eigenvalue weighted by Crippen LogP contribution is 2.62. The Labute approximate surface area is 129 Å². The molecule has 0 radical (unpaired) electrons. The van der Waals surface area contributed by atoms with Crippen LogP contribution >= 0.6 is 0 Å². The third-order valence-electron chi connectivity index (χ3n) is 7.79. The van der Waals surface area contributed by atoms with Crippen LogP contribution in [0.2, 0.25) is 0 Å². The second-order valence-corrected chi connectivity index (χ2v) is 8.66. The van der Waals surface area contributed by atoms with Gasteiger partial charge >= 0.3 is 0 Å². The monoisotopic (exact) mass is 290 g/mol. The second kappa shape index (κ2) is 4.75. The van der Waals surface area contributed by atoms with Gasteiger partial charge in [-0.3, -0.25) is 0 Å². The molecule has 0 aromatic rings. The molecule has 3 aliphatic carbocycles. The van der Waals surface area contributed by atoms with Gasteiger partial charge in [0.1, 0.15) is 5.60 Å². The van der Waals surface area contributed by atoms with Gasteiger partial charge in [0.15, 0.2) is 0 Å². The fourth-order valence-electron chi connectivity index (χ4n) is 6.50. The molecule has 0 unspecified atom stereocenters. The summed E-state index contributed by atoms with van der Waals surface area (Å²) in [4.78, 5) is 0. The third kappa shape index (κ3) is 2.01. The lowest BCUT2D eigenvalue weighted by Gasteiger charge is -2.61. The zero-order valence-corrected chi connectivity index (χ0v) is 13.6. The first-order chi connectivity index (χ1) is 10.0. The van der Waals surface area contributed by atoms with Gasteiger partial charge in [-0.25, -0.2) is 0 Å². The molecule has 1 heterocycles. The van der Waals surface area contributed by atoms with Crippen molar-refractivity contribution in [3.8, 4) is 0 Å². The summed E-state index contributed by atoms with van der Waals surface area (Å²) in [6.07, 6.45) is 13.9. The second-order valence-electron chi connectivity index (χ2n) is 8.66. The van der Waals surface area contributed by atoms with Crippen LogP contribution in [0.4, 0.5) is 0 Å². The molecule has 0 saturated heterocycles. The number of rotatable bonds is 0. The van der Waals surface area contributed by atoms with Crippen molar-refractivity contribution in [2.45, 2.75) is 76.9 Å². The molecule has 0 aromatic heterocycles. The van der Waals surface area contributed by atoms with E-state index in [1.165, 1.54) is 38.5 Å². The Bertz CT molecular complexity index is 445. The van der Waals surface area contributed by atoms with Gasteiger partial charge in [-0.1, -0.05) is 6.92 Å². The molecule has 0 spiro atoms. The van der Waals surface area contributed by atoms with Crippen molar-refractivity contribution in [2.75, 3.05) is 0 Å². The topological polar surface area (TPSA) is 29.5 Å². The van der Waals surface area contributed by atoms with Gasteiger partial charge < -0.3 is 9.84 Å². The average Bonchev–Trinajstić information content (AvgIpc) is 2.47. The molecule has 0 amide bonds. The fourth-order valence-corrected chi connectivity index (χ4v) is 6.50. The Morgan fingerprint density at radius 2 is 1.90 bits per heavy atom. The van der Waals surface area contributed by atoms with Gasteiger partial charge in [0, 0.05) is 5.92 Å². The molecule has 1 N–H and O–H groups in total. The number of aliphatic hydroxyl groups is 1. The number of fused-ring (bicyclic) bond motifs is 5. The van der Waals surface area contributed by atoms with Crippen molar-refractivity contribution < 1.29 is 9.84 Å². The molecule has 4 aliphatic rings. The maximum atomic E-state index is 10.1. The minimum absolute atomic E-state index is 0.0329. The molecule has 3 saturated carbocycles. The maximum Gasteiger partial charge on any atom is 0.109 e. The quantitative estimate of drug-likeness (QED) is 0.721. The van der Waals surface area contributed by atoms with Gasteiger partial charge in [0.05, 0.1) is 12.4 Å². The van der Waals surface area contributed by atoms with Crippen LogP contribution in [0.25, 0.3) is 0 Å². The first-order valence-electron chi connectivity index (χ1n) is 9.04. The minimum atomic E-state index is -0.0329. The summed E-state index contributed by atoms with van der Waals surface area (Å²) in [5.41, 5.74) is 0.567. The van der Waals surface area contributed by atoms with E-state index in [0.717, 1.165) is 30.6 Å². The van der Waals surface area contributed by atoms with Crippen LogP contribution in [0.5, 0.6) is 0 Å². The Morgan fingerprint density at radius 1 is 1.05 bits per heavy atom. The van der Waals surface area contributed by atoms with E-state index in [4.69, 9.17) is 4.74 Å². The molecule has 2 heteroatoms. The molecule has 3 fully saturated rings. The first kappa shape index (κ1) is 14.1. The van der Waals surface area contributed by atoms with Crippen LogP contribution in [-0.4, -0.2) is 16.8 Å². The lowest BCUT2D eigenvalue weighted by atomic mass is 9.46.